The summed E-state index contributed by atoms with van der Waals surface area (Å²) in [6.45, 7) is 8.65. The molecule has 0 amide bonds. The van der Waals surface area contributed by atoms with E-state index in [2.05, 4.69) is 18.9 Å². The van der Waals surface area contributed by atoms with Gasteiger partial charge in [0.15, 0.2) is 0 Å². The number of halogens is 1. The van der Waals surface area contributed by atoms with Gasteiger partial charge in [0.2, 0.25) is 0 Å². The molecule has 4 heteroatoms. The normalized spacial score (nSPS) is 15.7. The van der Waals surface area contributed by atoms with Gasteiger partial charge in [0.05, 0.1) is 16.9 Å². The Morgan fingerprint density at radius 1 is 1.60 bits per heavy atom. The molecule has 0 saturated heterocycles. The average molecular weight is 231 g/mol. The molecule has 0 bridgehead atoms. The third-order valence-corrected chi connectivity index (χ3v) is 2.69. The Bertz CT molecular complexity index is 331. The third-order valence-electron chi connectivity index (χ3n) is 2.41. The molecular formula is C11H19ClN2O. The zero-order valence-electron chi connectivity index (χ0n) is 9.79. The van der Waals surface area contributed by atoms with Crippen LogP contribution in [0.3, 0.4) is 0 Å². The largest absolute Gasteiger partial charge is 0.384 e. The van der Waals surface area contributed by atoms with Crippen LogP contribution >= 0.6 is 11.6 Å². The fourth-order valence-electron chi connectivity index (χ4n) is 2.03. The Hall–Kier alpha value is -0.540. The van der Waals surface area contributed by atoms with E-state index in [9.17, 15) is 5.11 Å². The molecule has 1 heterocycles. The summed E-state index contributed by atoms with van der Waals surface area (Å²) in [5.41, 5.74) is -0.182. The molecule has 0 aliphatic carbocycles. The van der Waals surface area contributed by atoms with Crippen molar-refractivity contribution in [1.82, 2.24) is 9.78 Å². The minimum absolute atomic E-state index is 0.413. The van der Waals surface area contributed by atoms with Crippen LogP contribution in [-0.2, 0) is 12.1 Å². The summed E-state index contributed by atoms with van der Waals surface area (Å²) in [5, 5.41) is 15.1. The van der Waals surface area contributed by atoms with Gasteiger partial charge in [0.1, 0.15) is 5.60 Å². The van der Waals surface area contributed by atoms with Crippen LogP contribution in [0.15, 0.2) is 6.20 Å². The van der Waals surface area contributed by atoms with Gasteiger partial charge in [-0.2, -0.15) is 5.10 Å². The lowest BCUT2D eigenvalue weighted by atomic mass is 9.91. The van der Waals surface area contributed by atoms with Gasteiger partial charge in [-0.05, 0) is 26.2 Å². The molecule has 1 aromatic heterocycles. The second kappa shape index (κ2) is 4.54. The highest BCUT2D eigenvalue weighted by molar-refractivity contribution is 6.31. The standard InChI is InChI=1S/C11H19ClN2O/c1-5-14-10(9(12)7-13-14)11(4,15)6-8(2)3/h7-8,15H,5-6H2,1-4H3. The van der Waals surface area contributed by atoms with Gasteiger partial charge in [-0.3, -0.25) is 4.68 Å². The maximum Gasteiger partial charge on any atom is 0.105 e. The average Bonchev–Trinajstić information content (AvgIpc) is 2.44. The molecule has 15 heavy (non-hydrogen) atoms. The molecule has 0 spiro atoms. The highest BCUT2D eigenvalue weighted by Gasteiger charge is 2.30. The van der Waals surface area contributed by atoms with Gasteiger partial charge < -0.3 is 5.11 Å². The van der Waals surface area contributed by atoms with Crippen molar-refractivity contribution in [3.05, 3.63) is 16.9 Å². The lowest BCUT2D eigenvalue weighted by molar-refractivity contribution is 0.0261. The van der Waals surface area contributed by atoms with Gasteiger partial charge >= 0.3 is 0 Å². The fourth-order valence-corrected chi connectivity index (χ4v) is 2.37. The van der Waals surface area contributed by atoms with Crippen LogP contribution in [0.2, 0.25) is 5.02 Å². The van der Waals surface area contributed by atoms with Crippen molar-refractivity contribution in [2.45, 2.75) is 46.3 Å². The number of hydrogen-bond acceptors (Lipinski definition) is 2. The van der Waals surface area contributed by atoms with Crippen LogP contribution in [0, 0.1) is 5.92 Å². The molecule has 1 N–H and O–H groups in total. The summed E-state index contributed by atoms with van der Waals surface area (Å²) in [7, 11) is 0. The molecule has 3 nitrogen and oxygen atoms in total. The van der Waals surface area contributed by atoms with Crippen LogP contribution in [0.5, 0.6) is 0 Å². The molecule has 1 atom stereocenters. The molecule has 1 rings (SSSR count). The topological polar surface area (TPSA) is 38.0 Å². The number of rotatable bonds is 4. The van der Waals surface area contributed by atoms with E-state index in [0.717, 1.165) is 12.2 Å². The van der Waals surface area contributed by atoms with E-state index < -0.39 is 5.60 Å². The lowest BCUT2D eigenvalue weighted by Crippen LogP contribution is -2.27. The van der Waals surface area contributed by atoms with Crippen molar-refractivity contribution < 1.29 is 5.11 Å². The molecule has 1 aromatic rings. The van der Waals surface area contributed by atoms with Crippen molar-refractivity contribution >= 4 is 11.6 Å². The van der Waals surface area contributed by atoms with E-state index >= 15 is 0 Å². The molecule has 0 radical (unpaired) electrons. The summed E-state index contributed by atoms with van der Waals surface area (Å²) in [4.78, 5) is 0. The summed E-state index contributed by atoms with van der Waals surface area (Å²) in [5.74, 6) is 0.413. The SMILES string of the molecule is CCn1ncc(Cl)c1C(C)(O)CC(C)C. The van der Waals surface area contributed by atoms with Crippen LogP contribution in [0.25, 0.3) is 0 Å². The molecule has 0 aliphatic heterocycles. The Balaban J connectivity index is 3.07. The van der Waals surface area contributed by atoms with Crippen molar-refractivity contribution in [3.63, 3.8) is 0 Å². The Morgan fingerprint density at radius 3 is 2.67 bits per heavy atom. The van der Waals surface area contributed by atoms with Crippen molar-refractivity contribution in [3.8, 4) is 0 Å². The number of aliphatic hydroxyl groups is 1. The van der Waals surface area contributed by atoms with E-state index in [0.29, 0.717) is 17.4 Å². The van der Waals surface area contributed by atoms with Gasteiger partial charge in [-0.25, -0.2) is 0 Å². The monoisotopic (exact) mass is 230 g/mol. The first-order valence-electron chi connectivity index (χ1n) is 5.32. The summed E-state index contributed by atoms with van der Waals surface area (Å²) in [6.07, 6.45) is 2.27. The third kappa shape index (κ3) is 2.73. The van der Waals surface area contributed by atoms with E-state index in [-0.39, 0.29) is 0 Å². The smallest absolute Gasteiger partial charge is 0.105 e. The second-order valence-electron chi connectivity index (χ2n) is 4.53. The van der Waals surface area contributed by atoms with Crippen LogP contribution in [0.4, 0.5) is 0 Å². The first kappa shape index (κ1) is 12.5. The number of aromatic nitrogens is 2. The number of nitrogens with zero attached hydrogens (tertiary/aromatic N) is 2. The molecular weight excluding hydrogens is 212 g/mol. The van der Waals surface area contributed by atoms with E-state index in [1.807, 2.05) is 6.92 Å². The minimum atomic E-state index is -0.905. The number of hydrogen-bond donors (Lipinski definition) is 1. The second-order valence-corrected chi connectivity index (χ2v) is 4.94. The summed E-state index contributed by atoms with van der Waals surface area (Å²) < 4.78 is 1.75. The molecule has 0 aliphatic rings. The zero-order chi connectivity index (χ0) is 11.6. The molecule has 1 unspecified atom stereocenters. The van der Waals surface area contributed by atoms with Crippen molar-refractivity contribution in [1.29, 1.82) is 0 Å². The Morgan fingerprint density at radius 2 is 2.20 bits per heavy atom. The first-order chi connectivity index (χ1) is 6.88. The van der Waals surface area contributed by atoms with Crippen LogP contribution in [-0.4, -0.2) is 14.9 Å². The van der Waals surface area contributed by atoms with E-state index in [1.54, 1.807) is 17.8 Å². The number of aryl methyl sites for hydroxylation is 1. The molecule has 0 fully saturated rings. The van der Waals surface area contributed by atoms with Crippen LogP contribution < -0.4 is 0 Å². The molecule has 0 aromatic carbocycles. The zero-order valence-corrected chi connectivity index (χ0v) is 10.5. The maximum absolute atomic E-state index is 10.4. The Kier molecular flexibility index (Phi) is 3.79. The minimum Gasteiger partial charge on any atom is -0.384 e. The molecule has 86 valence electrons. The van der Waals surface area contributed by atoms with Gasteiger partial charge in [0.25, 0.3) is 0 Å². The van der Waals surface area contributed by atoms with E-state index in [1.165, 1.54) is 0 Å². The van der Waals surface area contributed by atoms with E-state index in [4.69, 9.17) is 11.6 Å². The lowest BCUT2D eigenvalue weighted by Gasteiger charge is -2.26. The highest BCUT2D eigenvalue weighted by Crippen LogP contribution is 2.32. The summed E-state index contributed by atoms with van der Waals surface area (Å²) >= 11 is 6.05. The van der Waals surface area contributed by atoms with Crippen molar-refractivity contribution in [2.24, 2.45) is 5.92 Å². The summed E-state index contributed by atoms with van der Waals surface area (Å²) in [6, 6.07) is 0. The van der Waals surface area contributed by atoms with Crippen molar-refractivity contribution in [2.75, 3.05) is 0 Å². The predicted molar refractivity (Wildman–Crippen MR) is 61.9 cm³/mol. The maximum atomic E-state index is 10.4. The van der Waals surface area contributed by atoms with Crippen LogP contribution in [0.1, 0.15) is 39.8 Å². The van der Waals surface area contributed by atoms with Gasteiger partial charge in [0, 0.05) is 6.54 Å². The highest BCUT2D eigenvalue weighted by atomic mass is 35.5. The predicted octanol–water partition coefficient (Wildman–Crippen LogP) is 2.81. The molecule has 0 saturated carbocycles. The van der Waals surface area contributed by atoms with Gasteiger partial charge in [-0.15, -0.1) is 0 Å². The fraction of sp³-hybridized carbons (Fsp3) is 0.727. The van der Waals surface area contributed by atoms with Gasteiger partial charge in [-0.1, -0.05) is 25.4 Å². The quantitative estimate of drug-likeness (QED) is 0.864. The Labute approximate surface area is 96.1 Å². The first-order valence-corrected chi connectivity index (χ1v) is 5.70.